The predicted octanol–water partition coefficient (Wildman–Crippen LogP) is 6.48. The van der Waals surface area contributed by atoms with Gasteiger partial charge in [-0.15, -0.1) is 0 Å². The summed E-state index contributed by atoms with van der Waals surface area (Å²) in [6.07, 6.45) is 4.39. The Morgan fingerprint density at radius 1 is 0.891 bits per heavy atom. The lowest BCUT2D eigenvalue weighted by atomic mass is 10.0. The zero-order valence-electron chi connectivity index (χ0n) is 26.6. The van der Waals surface area contributed by atoms with Crippen LogP contribution in [0.3, 0.4) is 0 Å². The molecule has 2 atom stereocenters. The summed E-state index contributed by atoms with van der Waals surface area (Å²) in [7, 11) is 0. The van der Waals surface area contributed by atoms with E-state index in [-0.39, 0.29) is 24.4 Å². The summed E-state index contributed by atoms with van der Waals surface area (Å²) in [5.41, 5.74) is 11.3. The number of ether oxygens (including phenoxy) is 1. The lowest BCUT2D eigenvalue weighted by Crippen LogP contribution is -2.46. The first-order chi connectivity index (χ1) is 22.2. The van der Waals surface area contributed by atoms with E-state index in [1.807, 2.05) is 57.2 Å². The lowest BCUT2D eigenvalue weighted by Gasteiger charge is -2.25. The average molecular weight is 629 g/mol. The molecular formula is C37H42F2N4O3. The molecule has 0 fully saturated rings. The molecule has 1 amide bonds. The number of halogens is 2. The second-order valence-electron chi connectivity index (χ2n) is 11.5. The van der Waals surface area contributed by atoms with Gasteiger partial charge in [-0.05, 0) is 96.5 Å². The minimum atomic E-state index is -0.850. The maximum Gasteiger partial charge on any atom is 0.338 e. The van der Waals surface area contributed by atoms with Crippen molar-refractivity contribution in [2.24, 2.45) is 5.73 Å². The molecule has 4 aromatic rings. The molecule has 3 N–H and O–H groups in total. The van der Waals surface area contributed by atoms with E-state index < -0.39 is 29.7 Å². The highest BCUT2D eigenvalue weighted by Crippen LogP contribution is 2.20. The van der Waals surface area contributed by atoms with Gasteiger partial charge in [-0.25, -0.2) is 13.6 Å². The number of nitrogens with two attached hydrogens (primary N) is 1. The van der Waals surface area contributed by atoms with Gasteiger partial charge in [0, 0.05) is 56.2 Å². The van der Waals surface area contributed by atoms with Gasteiger partial charge in [0.2, 0.25) is 0 Å². The monoisotopic (exact) mass is 628 g/mol. The number of carbonyl (C=O) groups excluding carboxylic acids is 2. The van der Waals surface area contributed by atoms with Crippen LogP contribution in [0, 0.1) is 18.6 Å². The van der Waals surface area contributed by atoms with Gasteiger partial charge < -0.3 is 20.7 Å². The second-order valence-corrected chi connectivity index (χ2v) is 11.5. The fourth-order valence-electron chi connectivity index (χ4n) is 5.43. The number of hydrogen-bond acceptors (Lipinski definition) is 6. The molecule has 242 valence electrons. The highest BCUT2D eigenvalue weighted by molar-refractivity contribution is 5.98. The highest BCUT2D eigenvalue weighted by atomic mass is 19.1. The summed E-state index contributed by atoms with van der Waals surface area (Å²) in [5, 5.41) is 3.33. The summed E-state index contributed by atoms with van der Waals surface area (Å²) in [4.78, 5) is 32.8. The van der Waals surface area contributed by atoms with E-state index in [0.717, 1.165) is 41.2 Å². The highest BCUT2D eigenvalue weighted by Gasteiger charge is 2.25. The molecule has 0 aliphatic heterocycles. The van der Waals surface area contributed by atoms with Gasteiger partial charge in [-0.1, -0.05) is 38.1 Å². The van der Waals surface area contributed by atoms with Crippen molar-refractivity contribution in [3.63, 3.8) is 0 Å². The molecule has 1 aromatic heterocycles. The molecule has 0 saturated carbocycles. The first kappa shape index (κ1) is 34.4. The number of pyridine rings is 1. The van der Waals surface area contributed by atoms with Gasteiger partial charge >= 0.3 is 5.97 Å². The molecule has 3 aromatic carbocycles. The predicted molar refractivity (Wildman–Crippen MR) is 176 cm³/mol. The van der Waals surface area contributed by atoms with Crippen molar-refractivity contribution in [3.8, 4) is 11.1 Å². The lowest BCUT2D eigenvalue weighted by molar-refractivity contribution is 0.0238. The van der Waals surface area contributed by atoms with E-state index in [0.29, 0.717) is 30.8 Å². The van der Waals surface area contributed by atoms with Crippen LogP contribution in [0.4, 0.5) is 8.78 Å². The molecule has 4 rings (SSSR count). The van der Waals surface area contributed by atoms with E-state index in [1.165, 1.54) is 12.1 Å². The minimum absolute atomic E-state index is 0.0747. The molecule has 2 unspecified atom stereocenters. The third-order valence-corrected chi connectivity index (χ3v) is 7.56. The molecule has 0 spiro atoms. The standard InChI is InChI=1S/C37H42F2N4O3/c1-4-12-43(13-5-2)36(44)30-14-25(3)15-31(20-30)37(45)46-35(34(40)19-27-17-32(38)21-33(39)18-27)24-42-22-26-8-6-9-28(16-26)29-10-7-11-41-23-29/h6-11,14-18,20-21,23,34-35,42H,4-5,12-13,19,22,24,40H2,1-3H3. The first-order valence-corrected chi connectivity index (χ1v) is 15.7. The van der Waals surface area contributed by atoms with Crippen molar-refractivity contribution in [2.45, 2.75) is 58.7 Å². The number of nitrogens with one attached hydrogen (secondary N) is 1. The number of benzene rings is 3. The molecule has 0 aliphatic rings. The fraction of sp³-hybridized carbons (Fsp3) is 0.324. The molecule has 9 heteroatoms. The quantitative estimate of drug-likeness (QED) is 0.146. The maximum absolute atomic E-state index is 13.9. The molecule has 7 nitrogen and oxygen atoms in total. The van der Waals surface area contributed by atoms with Gasteiger partial charge in [0.25, 0.3) is 5.91 Å². The first-order valence-electron chi connectivity index (χ1n) is 15.7. The van der Waals surface area contributed by atoms with Crippen LogP contribution < -0.4 is 11.1 Å². The number of hydrogen-bond donors (Lipinski definition) is 2. The van der Waals surface area contributed by atoms with Crippen molar-refractivity contribution < 1.29 is 23.1 Å². The van der Waals surface area contributed by atoms with E-state index >= 15 is 0 Å². The Bertz CT molecular complexity index is 1590. The summed E-state index contributed by atoms with van der Waals surface area (Å²) in [6, 6.07) is 19.3. The number of rotatable bonds is 15. The Balaban J connectivity index is 1.53. The molecule has 1 heterocycles. The topological polar surface area (TPSA) is 97.5 Å². The van der Waals surface area contributed by atoms with Crippen LogP contribution in [0.25, 0.3) is 11.1 Å². The number of esters is 1. The summed E-state index contributed by atoms with van der Waals surface area (Å²) in [5.74, 6) is -2.20. The Hall–Kier alpha value is -4.47. The molecule has 46 heavy (non-hydrogen) atoms. The van der Waals surface area contributed by atoms with E-state index in [1.54, 1.807) is 35.5 Å². The Kier molecular flexibility index (Phi) is 12.5. The SMILES string of the molecule is CCCN(CCC)C(=O)c1cc(C)cc(C(=O)OC(CNCc2cccc(-c3cccnc3)c2)C(N)Cc2cc(F)cc(F)c2)c1. The van der Waals surface area contributed by atoms with Crippen molar-refractivity contribution in [2.75, 3.05) is 19.6 Å². The van der Waals surface area contributed by atoms with Gasteiger partial charge in [0.15, 0.2) is 0 Å². The van der Waals surface area contributed by atoms with Crippen molar-refractivity contribution >= 4 is 11.9 Å². The average Bonchev–Trinajstić information content (AvgIpc) is 3.03. The summed E-state index contributed by atoms with van der Waals surface area (Å²) < 4.78 is 33.8. The van der Waals surface area contributed by atoms with Crippen LogP contribution in [-0.4, -0.2) is 53.5 Å². The van der Waals surface area contributed by atoms with Crippen molar-refractivity contribution in [3.05, 3.63) is 125 Å². The zero-order chi connectivity index (χ0) is 33.1. The van der Waals surface area contributed by atoms with Gasteiger partial charge in [-0.2, -0.15) is 0 Å². The smallest absolute Gasteiger partial charge is 0.338 e. The molecule has 0 bridgehead atoms. The third-order valence-electron chi connectivity index (χ3n) is 7.56. The van der Waals surface area contributed by atoms with Gasteiger partial charge in [-0.3, -0.25) is 9.78 Å². The van der Waals surface area contributed by atoms with Gasteiger partial charge in [0.05, 0.1) is 5.56 Å². The summed E-state index contributed by atoms with van der Waals surface area (Å²) in [6.45, 7) is 7.73. The third kappa shape index (κ3) is 9.76. The van der Waals surface area contributed by atoms with E-state index in [9.17, 15) is 18.4 Å². The number of amides is 1. The largest absolute Gasteiger partial charge is 0.456 e. The van der Waals surface area contributed by atoms with E-state index in [2.05, 4.69) is 10.3 Å². The number of carbonyl (C=O) groups is 2. The zero-order valence-corrected chi connectivity index (χ0v) is 26.6. The van der Waals surface area contributed by atoms with Gasteiger partial charge in [0.1, 0.15) is 17.7 Å². The van der Waals surface area contributed by atoms with Crippen LogP contribution in [0.2, 0.25) is 0 Å². The fourth-order valence-corrected chi connectivity index (χ4v) is 5.43. The Labute approximate surface area is 269 Å². The maximum atomic E-state index is 13.9. The van der Waals surface area contributed by atoms with Crippen LogP contribution in [0.1, 0.15) is 64.1 Å². The minimum Gasteiger partial charge on any atom is -0.456 e. The number of aryl methyl sites for hydroxylation is 1. The molecule has 0 aliphatic carbocycles. The van der Waals surface area contributed by atoms with Crippen LogP contribution in [-0.2, 0) is 17.7 Å². The second kappa shape index (κ2) is 16.7. The van der Waals surface area contributed by atoms with E-state index in [4.69, 9.17) is 10.5 Å². The molecule has 0 saturated heterocycles. The number of aromatic nitrogens is 1. The summed E-state index contributed by atoms with van der Waals surface area (Å²) >= 11 is 0. The molecule has 0 radical (unpaired) electrons. The van der Waals surface area contributed by atoms with Crippen LogP contribution >= 0.6 is 0 Å². The Morgan fingerprint density at radius 2 is 1.59 bits per heavy atom. The number of nitrogens with zero attached hydrogens (tertiary/aromatic N) is 2. The molecular weight excluding hydrogens is 586 g/mol. The Morgan fingerprint density at radius 3 is 2.26 bits per heavy atom. The normalized spacial score (nSPS) is 12.4. The van der Waals surface area contributed by atoms with Crippen molar-refractivity contribution in [1.82, 2.24) is 15.2 Å². The van der Waals surface area contributed by atoms with Crippen LogP contribution in [0.15, 0.2) is 85.2 Å². The van der Waals surface area contributed by atoms with Crippen LogP contribution in [0.5, 0.6) is 0 Å². The van der Waals surface area contributed by atoms with Crippen molar-refractivity contribution in [1.29, 1.82) is 0 Å².